The monoisotopic (exact) mass is 640 g/mol. The quantitative estimate of drug-likeness (QED) is 0.132. The number of fused-ring (bicyclic) bond motifs is 3. The van der Waals surface area contributed by atoms with Gasteiger partial charge in [0.25, 0.3) is 8.32 Å². The number of aromatic nitrogens is 1. The van der Waals surface area contributed by atoms with Crippen LogP contribution in [-0.4, -0.2) is 50.5 Å². The van der Waals surface area contributed by atoms with E-state index < -0.39 is 14.4 Å². The van der Waals surface area contributed by atoms with Gasteiger partial charge in [-0.2, -0.15) is 0 Å². The number of hydrogen-bond acceptors (Lipinski definition) is 8. The smallest absolute Gasteiger partial charge is 0.325 e. The van der Waals surface area contributed by atoms with E-state index >= 15 is 0 Å². The number of rotatable bonds is 10. The van der Waals surface area contributed by atoms with Crippen molar-refractivity contribution in [2.45, 2.75) is 58.3 Å². The van der Waals surface area contributed by atoms with Crippen molar-refractivity contribution in [3.63, 3.8) is 0 Å². The van der Waals surface area contributed by atoms with Crippen LogP contribution in [0.4, 0.5) is 0 Å². The lowest BCUT2D eigenvalue weighted by Crippen LogP contribution is -2.67. The molecule has 234 valence electrons. The summed E-state index contributed by atoms with van der Waals surface area (Å²) in [6, 6.07) is 26.4. The van der Waals surface area contributed by atoms with Crippen molar-refractivity contribution in [2.75, 3.05) is 20.3 Å². The lowest BCUT2D eigenvalue weighted by atomic mass is 10.0. The summed E-state index contributed by atoms with van der Waals surface area (Å²) in [6.07, 6.45) is 2.55. The average molecular weight is 641 g/mol. The second-order valence-corrected chi connectivity index (χ2v) is 18.2. The van der Waals surface area contributed by atoms with Crippen LogP contribution in [0.5, 0.6) is 5.75 Å². The van der Waals surface area contributed by atoms with Crippen LogP contribution in [0.2, 0.25) is 5.04 Å². The lowest BCUT2D eigenvalue weighted by molar-refractivity contribution is -0.148. The van der Waals surface area contributed by atoms with Crippen molar-refractivity contribution in [1.82, 2.24) is 9.88 Å². The zero-order chi connectivity index (χ0) is 31.6. The second kappa shape index (κ2) is 12.9. The first-order valence-corrected chi connectivity index (χ1v) is 18.1. The molecule has 0 bridgehead atoms. The molecular formula is C36H40N2O5SSi. The van der Waals surface area contributed by atoms with E-state index in [0.29, 0.717) is 26.1 Å². The van der Waals surface area contributed by atoms with Crippen LogP contribution in [0.1, 0.15) is 42.0 Å². The fraction of sp³-hybridized carbons (Fsp3) is 0.333. The molecule has 0 fully saturated rings. The predicted octanol–water partition coefficient (Wildman–Crippen LogP) is 6.25. The Morgan fingerprint density at radius 2 is 1.73 bits per heavy atom. The Kier molecular flexibility index (Phi) is 8.97. The summed E-state index contributed by atoms with van der Waals surface area (Å²) in [5, 5.41) is 4.17. The molecule has 0 unspecified atom stereocenters. The van der Waals surface area contributed by atoms with Crippen molar-refractivity contribution in [3.8, 4) is 5.75 Å². The number of hydrogen-bond donors (Lipinski definition) is 0. The highest BCUT2D eigenvalue weighted by atomic mass is 32.1. The molecule has 45 heavy (non-hydrogen) atoms. The van der Waals surface area contributed by atoms with Crippen LogP contribution >= 0.6 is 11.3 Å². The molecule has 0 saturated carbocycles. The minimum absolute atomic E-state index is 0.208. The first-order valence-electron chi connectivity index (χ1n) is 15.3. The molecule has 0 saturated heterocycles. The third kappa shape index (κ3) is 6.22. The highest BCUT2D eigenvalue weighted by molar-refractivity contribution is 7.11. The largest absolute Gasteiger partial charge is 0.488 e. The Balaban J connectivity index is 1.29. The van der Waals surface area contributed by atoms with E-state index in [1.165, 1.54) is 17.5 Å². The Morgan fingerprint density at radius 1 is 1.04 bits per heavy atom. The number of furan rings is 1. The van der Waals surface area contributed by atoms with Crippen LogP contribution in [0.25, 0.3) is 11.0 Å². The van der Waals surface area contributed by atoms with E-state index in [4.69, 9.17) is 18.3 Å². The van der Waals surface area contributed by atoms with Gasteiger partial charge in [-0.1, -0.05) is 81.4 Å². The van der Waals surface area contributed by atoms with Crippen molar-refractivity contribution in [3.05, 3.63) is 106 Å². The normalized spacial score (nSPS) is 14.7. The van der Waals surface area contributed by atoms with Gasteiger partial charge in [-0.3, -0.25) is 9.69 Å². The van der Waals surface area contributed by atoms with Gasteiger partial charge in [0, 0.05) is 36.7 Å². The molecule has 0 spiro atoms. The predicted molar refractivity (Wildman–Crippen MR) is 181 cm³/mol. The maximum Gasteiger partial charge on any atom is 0.325 e. The number of carbonyl (C=O) groups is 1. The molecule has 9 heteroatoms. The SMILES string of the molecule is COC(=O)[C@H](CO[Si](c1ccccc1)(c1ccccc1)C(C)(C)C)N1CCc2oc3ccc(OCc4cnc(C)s4)cc3c2C1. The summed E-state index contributed by atoms with van der Waals surface area (Å²) < 4.78 is 25.0. The molecule has 1 aliphatic heterocycles. The number of thiazole rings is 1. The van der Waals surface area contributed by atoms with E-state index in [1.807, 2.05) is 43.5 Å². The molecular weight excluding hydrogens is 601 g/mol. The minimum Gasteiger partial charge on any atom is -0.488 e. The summed E-state index contributed by atoms with van der Waals surface area (Å²) in [4.78, 5) is 21.0. The number of benzene rings is 3. The first-order chi connectivity index (χ1) is 21.7. The van der Waals surface area contributed by atoms with E-state index in [1.54, 1.807) is 11.3 Å². The fourth-order valence-electron chi connectivity index (χ4n) is 6.49. The molecule has 1 atom stereocenters. The second-order valence-electron chi connectivity index (χ2n) is 12.5. The highest BCUT2D eigenvalue weighted by Crippen LogP contribution is 2.38. The third-order valence-corrected chi connectivity index (χ3v) is 14.6. The number of methoxy groups -OCH3 is 1. The zero-order valence-electron chi connectivity index (χ0n) is 26.5. The molecule has 7 nitrogen and oxygen atoms in total. The summed E-state index contributed by atoms with van der Waals surface area (Å²) in [5.74, 6) is 1.43. The number of carbonyl (C=O) groups excluding carboxylic acids is 1. The fourth-order valence-corrected chi connectivity index (χ4v) is 11.8. The summed E-state index contributed by atoms with van der Waals surface area (Å²) >= 11 is 1.63. The van der Waals surface area contributed by atoms with Crippen LogP contribution in [0.3, 0.4) is 0 Å². The molecule has 0 radical (unpaired) electrons. The molecule has 0 amide bonds. The highest BCUT2D eigenvalue weighted by Gasteiger charge is 2.51. The molecule has 5 aromatic rings. The van der Waals surface area contributed by atoms with E-state index in [-0.39, 0.29) is 17.6 Å². The summed E-state index contributed by atoms with van der Waals surface area (Å²) in [5.41, 5.74) is 1.90. The molecule has 1 aliphatic rings. The Labute approximate surface area is 269 Å². The van der Waals surface area contributed by atoms with E-state index in [0.717, 1.165) is 37.9 Å². The van der Waals surface area contributed by atoms with Gasteiger partial charge in [0.1, 0.15) is 29.7 Å². The van der Waals surface area contributed by atoms with Gasteiger partial charge >= 0.3 is 5.97 Å². The van der Waals surface area contributed by atoms with Gasteiger partial charge in [-0.25, -0.2) is 4.98 Å². The Hall–Kier alpha value is -3.76. The molecule has 3 aromatic carbocycles. The standard InChI is InChI=1S/C36H40N2O5SSi/c1-25-37-21-27(44-25)23-41-26-16-17-33-30(20-26)31-22-38(19-18-34(31)43-33)32(35(39)40-5)24-42-45(36(2,3)4,28-12-8-6-9-13-28)29-14-10-7-11-15-29/h6-17,20-21,32H,18-19,22-24H2,1-5H3/t32-/m0/s1. The van der Waals surface area contributed by atoms with Crippen LogP contribution in [-0.2, 0) is 33.5 Å². The Bertz CT molecular complexity index is 1720. The number of esters is 1. The van der Waals surface area contributed by atoms with Crippen LogP contribution < -0.4 is 15.1 Å². The third-order valence-electron chi connectivity index (χ3n) is 8.67. The zero-order valence-corrected chi connectivity index (χ0v) is 28.4. The van der Waals surface area contributed by atoms with Gasteiger partial charge in [-0.05, 0) is 40.5 Å². The lowest BCUT2D eigenvalue weighted by Gasteiger charge is -2.44. The molecule has 3 heterocycles. The Morgan fingerprint density at radius 3 is 2.33 bits per heavy atom. The summed E-state index contributed by atoms with van der Waals surface area (Å²) in [7, 11) is -1.40. The van der Waals surface area contributed by atoms with Crippen molar-refractivity contribution in [2.24, 2.45) is 0 Å². The number of nitrogens with zero attached hydrogens (tertiary/aromatic N) is 2. The van der Waals surface area contributed by atoms with Crippen molar-refractivity contribution >= 4 is 47.0 Å². The van der Waals surface area contributed by atoms with Gasteiger partial charge in [-0.15, -0.1) is 11.3 Å². The molecule has 6 rings (SSSR count). The number of aryl methyl sites for hydroxylation is 1. The maximum atomic E-state index is 13.5. The van der Waals surface area contributed by atoms with Gasteiger partial charge in [0.2, 0.25) is 0 Å². The van der Waals surface area contributed by atoms with Crippen molar-refractivity contribution < 1.29 is 23.1 Å². The average Bonchev–Trinajstić information content (AvgIpc) is 3.64. The van der Waals surface area contributed by atoms with E-state index in [2.05, 4.69) is 79.2 Å². The molecule has 0 aliphatic carbocycles. The van der Waals surface area contributed by atoms with Crippen LogP contribution in [0, 0.1) is 6.92 Å². The topological polar surface area (TPSA) is 74.0 Å². The van der Waals surface area contributed by atoms with Gasteiger partial charge < -0.3 is 18.3 Å². The van der Waals surface area contributed by atoms with Crippen molar-refractivity contribution in [1.29, 1.82) is 0 Å². The van der Waals surface area contributed by atoms with Crippen LogP contribution in [0.15, 0.2) is 89.5 Å². The summed E-state index contributed by atoms with van der Waals surface area (Å²) in [6.45, 7) is 10.6. The van der Waals surface area contributed by atoms with E-state index in [9.17, 15) is 4.79 Å². The molecule has 0 N–H and O–H groups in total. The first kappa shape index (κ1) is 31.2. The molecule has 2 aromatic heterocycles. The van der Waals surface area contributed by atoms with Gasteiger partial charge in [0.05, 0.1) is 23.6 Å². The minimum atomic E-state index is -2.85. The maximum absolute atomic E-state index is 13.5. The van der Waals surface area contributed by atoms with Gasteiger partial charge in [0.15, 0.2) is 0 Å². The number of ether oxygens (including phenoxy) is 2.